The molecule has 1 rings (SSSR count). The Morgan fingerprint density at radius 1 is 1.47 bits per heavy atom. The van der Waals surface area contributed by atoms with Crippen molar-refractivity contribution in [2.75, 3.05) is 7.05 Å². The average molecular weight is 209 g/mol. The molecule has 3 nitrogen and oxygen atoms in total. The SMILES string of the molecule is CCC(C)C(Cc1cnn(CC)c1)NC. The van der Waals surface area contributed by atoms with E-state index in [2.05, 4.69) is 37.4 Å². The van der Waals surface area contributed by atoms with E-state index in [1.54, 1.807) is 0 Å². The number of hydrogen-bond donors (Lipinski definition) is 1. The van der Waals surface area contributed by atoms with Gasteiger partial charge < -0.3 is 5.32 Å². The fraction of sp³-hybridized carbons (Fsp3) is 0.750. The Balaban J connectivity index is 2.58. The first kappa shape index (κ1) is 12.2. The normalized spacial score (nSPS) is 15.2. The highest BCUT2D eigenvalue weighted by Crippen LogP contribution is 2.12. The molecule has 0 aliphatic heterocycles. The second kappa shape index (κ2) is 5.91. The van der Waals surface area contributed by atoms with Crippen LogP contribution in [0.3, 0.4) is 0 Å². The molecule has 0 saturated heterocycles. The van der Waals surface area contributed by atoms with E-state index in [0.29, 0.717) is 12.0 Å². The van der Waals surface area contributed by atoms with Crippen LogP contribution in [0.5, 0.6) is 0 Å². The first-order chi connectivity index (χ1) is 7.21. The van der Waals surface area contributed by atoms with Crippen molar-refractivity contribution in [1.82, 2.24) is 15.1 Å². The van der Waals surface area contributed by atoms with Gasteiger partial charge in [-0.1, -0.05) is 20.3 Å². The van der Waals surface area contributed by atoms with Crippen molar-refractivity contribution in [3.63, 3.8) is 0 Å². The molecule has 0 aromatic carbocycles. The van der Waals surface area contributed by atoms with Gasteiger partial charge in [-0.25, -0.2) is 0 Å². The van der Waals surface area contributed by atoms with Crippen molar-refractivity contribution in [3.8, 4) is 0 Å². The maximum atomic E-state index is 4.30. The molecule has 0 radical (unpaired) electrons. The van der Waals surface area contributed by atoms with Crippen LogP contribution in [-0.4, -0.2) is 22.9 Å². The van der Waals surface area contributed by atoms with Gasteiger partial charge in [0.2, 0.25) is 0 Å². The molecule has 2 unspecified atom stereocenters. The summed E-state index contributed by atoms with van der Waals surface area (Å²) in [6.45, 7) is 7.60. The summed E-state index contributed by atoms with van der Waals surface area (Å²) >= 11 is 0. The maximum absolute atomic E-state index is 4.30. The smallest absolute Gasteiger partial charge is 0.0522 e. The Morgan fingerprint density at radius 2 is 2.20 bits per heavy atom. The van der Waals surface area contributed by atoms with Gasteiger partial charge in [0, 0.05) is 18.8 Å². The highest BCUT2D eigenvalue weighted by Gasteiger charge is 2.14. The zero-order valence-corrected chi connectivity index (χ0v) is 10.3. The summed E-state index contributed by atoms with van der Waals surface area (Å²) in [5, 5.41) is 7.69. The van der Waals surface area contributed by atoms with Crippen molar-refractivity contribution in [2.24, 2.45) is 5.92 Å². The van der Waals surface area contributed by atoms with E-state index in [1.165, 1.54) is 12.0 Å². The van der Waals surface area contributed by atoms with Gasteiger partial charge in [-0.05, 0) is 31.9 Å². The lowest BCUT2D eigenvalue weighted by molar-refractivity contribution is 0.386. The van der Waals surface area contributed by atoms with Crippen LogP contribution < -0.4 is 5.32 Å². The minimum atomic E-state index is 0.560. The van der Waals surface area contributed by atoms with E-state index in [-0.39, 0.29) is 0 Å². The maximum Gasteiger partial charge on any atom is 0.0522 e. The van der Waals surface area contributed by atoms with Crippen LogP contribution in [0.15, 0.2) is 12.4 Å². The van der Waals surface area contributed by atoms with E-state index in [1.807, 2.05) is 17.9 Å². The van der Waals surface area contributed by atoms with Gasteiger partial charge in [-0.3, -0.25) is 4.68 Å². The highest BCUT2D eigenvalue weighted by atomic mass is 15.3. The molecule has 0 aliphatic carbocycles. The number of hydrogen-bond acceptors (Lipinski definition) is 2. The van der Waals surface area contributed by atoms with Crippen LogP contribution in [-0.2, 0) is 13.0 Å². The molecular formula is C12H23N3. The Morgan fingerprint density at radius 3 is 2.67 bits per heavy atom. The fourth-order valence-electron chi connectivity index (χ4n) is 1.81. The summed E-state index contributed by atoms with van der Waals surface area (Å²) in [5.74, 6) is 0.708. The molecule has 0 fully saturated rings. The molecule has 0 amide bonds. The van der Waals surface area contributed by atoms with Crippen LogP contribution in [0.25, 0.3) is 0 Å². The molecule has 1 aromatic rings. The lowest BCUT2D eigenvalue weighted by Gasteiger charge is -2.21. The average Bonchev–Trinajstić information content (AvgIpc) is 2.72. The molecular weight excluding hydrogens is 186 g/mol. The molecule has 0 bridgehead atoms. The van der Waals surface area contributed by atoms with Crippen LogP contribution in [0.2, 0.25) is 0 Å². The molecule has 15 heavy (non-hydrogen) atoms. The zero-order chi connectivity index (χ0) is 11.3. The second-order valence-electron chi connectivity index (χ2n) is 4.19. The lowest BCUT2D eigenvalue weighted by Crippen LogP contribution is -2.33. The summed E-state index contributed by atoms with van der Waals surface area (Å²) in [7, 11) is 2.04. The molecule has 1 aromatic heterocycles. The first-order valence-corrected chi connectivity index (χ1v) is 5.89. The van der Waals surface area contributed by atoms with E-state index in [9.17, 15) is 0 Å². The second-order valence-corrected chi connectivity index (χ2v) is 4.19. The fourth-order valence-corrected chi connectivity index (χ4v) is 1.81. The van der Waals surface area contributed by atoms with Crippen LogP contribution >= 0.6 is 0 Å². The molecule has 2 atom stereocenters. The molecule has 1 N–H and O–H groups in total. The van der Waals surface area contributed by atoms with Crippen molar-refractivity contribution in [2.45, 2.75) is 46.2 Å². The van der Waals surface area contributed by atoms with Crippen molar-refractivity contribution in [3.05, 3.63) is 18.0 Å². The van der Waals surface area contributed by atoms with Gasteiger partial charge in [-0.2, -0.15) is 5.10 Å². The molecule has 0 saturated carbocycles. The van der Waals surface area contributed by atoms with Crippen LogP contribution in [0.4, 0.5) is 0 Å². The third kappa shape index (κ3) is 3.34. The highest BCUT2D eigenvalue weighted by molar-refractivity contribution is 5.06. The Kier molecular flexibility index (Phi) is 4.82. The van der Waals surface area contributed by atoms with Crippen molar-refractivity contribution >= 4 is 0 Å². The summed E-state index contributed by atoms with van der Waals surface area (Å²) in [5.41, 5.74) is 1.33. The molecule has 0 aliphatic rings. The summed E-state index contributed by atoms with van der Waals surface area (Å²) < 4.78 is 1.98. The Labute approximate surface area is 92.9 Å². The predicted molar refractivity (Wildman–Crippen MR) is 63.9 cm³/mol. The van der Waals surface area contributed by atoms with Crippen molar-refractivity contribution in [1.29, 1.82) is 0 Å². The molecule has 0 spiro atoms. The molecule has 1 heterocycles. The Bertz CT molecular complexity index is 280. The molecule has 3 heteroatoms. The standard InChI is InChI=1S/C12H23N3/c1-5-10(3)12(13-4)7-11-8-14-15(6-2)9-11/h8-10,12-13H,5-7H2,1-4H3. The lowest BCUT2D eigenvalue weighted by atomic mass is 9.94. The first-order valence-electron chi connectivity index (χ1n) is 5.89. The van der Waals surface area contributed by atoms with Crippen LogP contribution in [0, 0.1) is 5.92 Å². The number of aromatic nitrogens is 2. The third-order valence-electron chi connectivity index (χ3n) is 3.17. The minimum absolute atomic E-state index is 0.560. The summed E-state index contributed by atoms with van der Waals surface area (Å²) in [6.07, 6.45) is 6.42. The zero-order valence-electron chi connectivity index (χ0n) is 10.3. The van der Waals surface area contributed by atoms with E-state index in [4.69, 9.17) is 0 Å². The quantitative estimate of drug-likeness (QED) is 0.777. The predicted octanol–water partition coefficient (Wildman–Crippen LogP) is 2.08. The largest absolute Gasteiger partial charge is 0.316 e. The van der Waals surface area contributed by atoms with Gasteiger partial charge in [0.05, 0.1) is 6.20 Å². The van der Waals surface area contributed by atoms with E-state index >= 15 is 0 Å². The van der Waals surface area contributed by atoms with Gasteiger partial charge in [0.1, 0.15) is 0 Å². The topological polar surface area (TPSA) is 29.9 Å². The minimum Gasteiger partial charge on any atom is -0.316 e. The number of likely N-dealkylation sites (N-methyl/N-ethyl adjacent to an activating group) is 1. The van der Waals surface area contributed by atoms with Crippen molar-refractivity contribution < 1.29 is 0 Å². The number of rotatable bonds is 6. The monoisotopic (exact) mass is 209 g/mol. The number of nitrogens with one attached hydrogen (secondary N) is 1. The summed E-state index contributed by atoms with van der Waals surface area (Å²) in [4.78, 5) is 0. The van der Waals surface area contributed by atoms with E-state index < -0.39 is 0 Å². The number of aryl methyl sites for hydroxylation is 1. The van der Waals surface area contributed by atoms with Gasteiger partial charge in [0.25, 0.3) is 0 Å². The summed E-state index contributed by atoms with van der Waals surface area (Å²) in [6, 6.07) is 0.560. The van der Waals surface area contributed by atoms with E-state index in [0.717, 1.165) is 13.0 Å². The number of nitrogens with zero attached hydrogens (tertiary/aromatic N) is 2. The third-order valence-corrected chi connectivity index (χ3v) is 3.17. The Hall–Kier alpha value is -0.830. The van der Waals surface area contributed by atoms with Gasteiger partial charge in [0.15, 0.2) is 0 Å². The molecule has 86 valence electrons. The van der Waals surface area contributed by atoms with Gasteiger partial charge in [-0.15, -0.1) is 0 Å². The van der Waals surface area contributed by atoms with Gasteiger partial charge >= 0.3 is 0 Å². The van der Waals surface area contributed by atoms with Crippen LogP contribution in [0.1, 0.15) is 32.8 Å².